The van der Waals surface area contributed by atoms with Crippen LogP contribution in [0.3, 0.4) is 0 Å². The predicted octanol–water partition coefficient (Wildman–Crippen LogP) is 3.30. The summed E-state index contributed by atoms with van der Waals surface area (Å²) in [5, 5.41) is 3.88. The first kappa shape index (κ1) is 14.8. The Balaban J connectivity index is 1.72. The lowest BCUT2D eigenvalue weighted by Gasteiger charge is -2.31. The van der Waals surface area contributed by atoms with Crippen LogP contribution in [0.2, 0.25) is 5.02 Å². The van der Waals surface area contributed by atoms with Gasteiger partial charge in [0.05, 0.1) is 0 Å². The topological polar surface area (TPSA) is 15.3 Å². The van der Waals surface area contributed by atoms with E-state index in [-0.39, 0.29) is 5.82 Å². The molecular weight excluding hydrogens is 263 g/mol. The third-order valence-corrected chi connectivity index (χ3v) is 4.06. The van der Waals surface area contributed by atoms with Gasteiger partial charge in [0.1, 0.15) is 5.82 Å². The molecule has 1 aliphatic heterocycles. The Bertz CT molecular complexity index is 383. The van der Waals surface area contributed by atoms with Crippen molar-refractivity contribution < 1.29 is 4.39 Å². The molecule has 2 nitrogen and oxygen atoms in total. The van der Waals surface area contributed by atoms with E-state index < -0.39 is 0 Å². The Kier molecular flexibility index (Phi) is 5.61. The zero-order valence-corrected chi connectivity index (χ0v) is 12.2. The monoisotopic (exact) mass is 284 g/mol. The van der Waals surface area contributed by atoms with Crippen LogP contribution in [0.25, 0.3) is 0 Å². The average molecular weight is 285 g/mol. The number of hydrogen-bond acceptors (Lipinski definition) is 2. The van der Waals surface area contributed by atoms with Gasteiger partial charge in [0.2, 0.25) is 0 Å². The molecule has 1 aliphatic rings. The molecule has 106 valence electrons. The summed E-state index contributed by atoms with van der Waals surface area (Å²) in [7, 11) is 0. The molecule has 2 rings (SSSR count). The molecule has 1 aromatic rings. The first-order valence-electron chi connectivity index (χ1n) is 7.05. The van der Waals surface area contributed by atoms with Crippen LogP contribution in [0.4, 0.5) is 4.39 Å². The minimum Gasteiger partial charge on any atom is -0.312 e. The standard InChI is InChI=1S/C15H22ClFN2/c1-2-19-5-3-12(4-6-19)10-18-11-13-7-14(16)9-15(17)8-13/h7-9,12,18H,2-6,10-11H2,1H3. The zero-order chi connectivity index (χ0) is 13.7. The van der Waals surface area contributed by atoms with Crippen molar-refractivity contribution >= 4 is 11.6 Å². The van der Waals surface area contributed by atoms with E-state index in [1.807, 2.05) is 6.07 Å². The maximum atomic E-state index is 13.2. The van der Waals surface area contributed by atoms with Crippen molar-refractivity contribution in [2.45, 2.75) is 26.3 Å². The van der Waals surface area contributed by atoms with Crippen molar-refractivity contribution in [1.82, 2.24) is 10.2 Å². The maximum absolute atomic E-state index is 13.2. The van der Waals surface area contributed by atoms with Gasteiger partial charge in [0.15, 0.2) is 0 Å². The van der Waals surface area contributed by atoms with Crippen LogP contribution < -0.4 is 5.32 Å². The number of nitrogens with zero attached hydrogens (tertiary/aromatic N) is 1. The summed E-state index contributed by atoms with van der Waals surface area (Å²) in [4.78, 5) is 2.49. The second-order valence-electron chi connectivity index (χ2n) is 5.29. The van der Waals surface area contributed by atoms with Crippen molar-refractivity contribution in [2.75, 3.05) is 26.2 Å². The van der Waals surface area contributed by atoms with Crippen molar-refractivity contribution in [3.8, 4) is 0 Å². The molecule has 0 unspecified atom stereocenters. The fraction of sp³-hybridized carbons (Fsp3) is 0.600. The normalized spacial score (nSPS) is 17.8. The molecule has 1 saturated heterocycles. The predicted molar refractivity (Wildman–Crippen MR) is 78.0 cm³/mol. The smallest absolute Gasteiger partial charge is 0.125 e. The molecule has 0 amide bonds. The van der Waals surface area contributed by atoms with E-state index >= 15 is 0 Å². The molecule has 0 atom stereocenters. The van der Waals surface area contributed by atoms with Crippen molar-refractivity contribution in [1.29, 1.82) is 0 Å². The van der Waals surface area contributed by atoms with E-state index in [0.717, 1.165) is 24.6 Å². The van der Waals surface area contributed by atoms with Gasteiger partial charge in [-0.05, 0) is 68.7 Å². The zero-order valence-electron chi connectivity index (χ0n) is 11.5. The second-order valence-corrected chi connectivity index (χ2v) is 5.72. The number of piperidine rings is 1. The van der Waals surface area contributed by atoms with Crippen LogP contribution in [-0.4, -0.2) is 31.1 Å². The number of halogens is 2. The fourth-order valence-electron chi connectivity index (χ4n) is 2.64. The van der Waals surface area contributed by atoms with Gasteiger partial charge < -0.3 is 10.2 Å². The van der Waals surface area contributed by atoms with E-state index in [2.05, 4.69) is 17.1 Å². The molecule has 1 fully saturated rings. The SMILES string of the molecule is CCN1CCC(CNCc2cc(F)cc(Cl)c2)CC1. The maximum Gasteiger partial charge on any atom is 0.125 e. The molecule has 4 heteroatoms. The summed E-state index contributed by atoms with van der Waals surface area (Å²) in [5.74, 6) is 0.479. The molecule has 1 aromatic carbocycles. The first-order valence-corrected chi connectivity index (χ1v) is 7.43. The lowest BCUT2D eigenvalue weighted by molar-refractivity contribution is 0.190. The van der Waals surface area contributed by atoms with E-state index in [1.165, 1.54) is 32.0 Å². The number of nitrogens with one attached hydrogen (secondary N) is 1. The summed E-state index contributed by atoms with van der Waals surface area (Å²) in [6, 6.07) is 4.70. The third kappa shape index (κ3) is 4.75. The quantitative estimate of drug-likeness (QED) is 0.892. The average Bonchev–Trinajstić information content (AvgIpc) is 2.38. The highest BCUT2D eigenvalue weighted by Gasteiger charge is 2.17. The summed E-state index contributed by atoms with van der Waals surface area (Å²) in [6.45, 7) is 7.47. The minimum atomic E-state index is -0.263. The van der Waals surface area contributed by atoms with Gasteiger partial charge in [-0.25, -0.2) is 4.39 Å². The Labute approximate surface area is 119 Å². The molecule has 1 heterocycles. The first-order chi connectivity index (χ1) is 9.17. The Morgan fingerprint density at radius 1 is 1.32 bits per heavy atom. The van der Waals surface area contributed by atoms with Crippen LogP contribution in [0.5, 0.6) is 0 Å². The molecule has 0 saturated carbocycles. The molecule has 0 radical (unpaired) electrons. The minimum absolute atomic E-state index is 0.263. The number of rotatable bonds is 5. The lowest BCUT2D eigenvalue weighted by Crippen LogP contribution is -2.36. The molecule has 19 heavy (non-hydrogen) atoms. The molecule has 1 N–H and O–H groups in total. The van der Waals surface area contributed by atoms with Crippen molar-refractivity contribution in [3.63, 3.8) is 0 Å². The second kappa shape index (κ2) is 7.22. The Morgan fingerprint density at radius 3 is 2.68 bits per heavy atom. The third-order valence-electron chi connectivity index (χ3n) is 3.84. The lowest BCUT2D eigenvalue weighted by atomic mass is 9.97. The molecule has 0 spiro atoms. The summed E-state index contributed by atoms with van der Waals surface area (Å²) in [6.07, 6.45) is 2.51. The van der Waals surface area contributed by atoms with Crippen LogP contribution in [-0.2, 0) is 6.54 Å². The Morgan fingerprint density at radius 2 is 2.05 bits per heavy atom. The highest BCUT2D eigenvalue weighted by atomic mass is 35.5. The van der Waals surface area contributed by atoms with Crippen molar-refractivity contribution in [3.05, 3.63) is 34.6 Å². The molecule has 0 aromatic heterocycles. The van der Waals surface area contributed by atoms with Crippen LogP contribution >= 0.6 is 11.6 Å². The van der Waals surface area contributed by atoms with E-state index in [0.29, 0.717) is 11.6 Å². The van der Waals surface area contributed by atoms with E-state index in [1.54, 1.807) is 6.07 Å². The number of hydrogen-bond donors (Lipinski definition) is 1. The molecular formula is C15H22ClFN2. The van der Waals surface area contributed by atoms with Gasteiger partial charge in [-0.1, -0.05) is 18.5 Å². The highest BCUT2D eigenvalue weighted by Crippen LogP contribution is 2.17. The molecule has 0 bridgehead atoms. The van der Waals surface area contributed by atoms with Gasteiger partial charge >= 0.3 is 0 Å². The highest BCUT2D eigenvalue weighted by molar-refractivity contribution is 6.30. The van der Waals surface area contributed by atoms with Gasteiger partial charge in [-0.2, -0.15) is 0 Å². The number of likely N-dealkylation sites (tertiary alicyclic amines) is 1. The summed E-state index contributed by atoms with van der Waals surface area (Å²) in [5.41, 5.74) is 0.913. The van der Waals surface area contributed by atoms with E-state index in [9.17, 15) is 4.39 Å². The van der Waals surface area contributed by atoms with Crippen LogP contribution in [0.15, 0.2) is 18.2 Å². The van der Waals surface area contributed by atoms with Gasteiger partial charge in [0, 0.05) is 11.6 Å². The molecule has 0 aliphatic carbocycles. The van der Waals surface area contributed by atoms with Crippen LogP contribution in [0, 0.1) is 11.7 Å². The summed E-state index contributed by atoms with van der Waals surface area (Å²) >= 11 is 5.84. The fourth-order valence-corrected chi connectivity index (χ4v) is 2.88. The van der Waals surface area contributed by atoms with E-state index in [4.69, 9.17) is 11.6 Å². The van der Waals surface area contributed by atoms with Crippen LogP contribution in [0.1, 0.15) is 25.3 Å². The Hall–Kier alpha value is -0.640. The van der Waals surface area contributed by atoms with Gasteiger partial charge in [-0.3, -0.25) is 0 Å². The van der Waals surface area contributed by atoms with Gasteiger partial charge in [-0.15, -0.1) is 0 Å². The van der Waals surface area contributed by atoms with Gasteiger partial charge in [0.25, 0.3) is 0 Å². The number of benzene rings is 1. The van der Waals surface area contributed by atoms with Crippen molar-refractivity contribution in [2.24, 2.45) is 5.92 Å². The largest absolute Gasteiger partial charge is 0.312 e. The summed E-state index contributed by atoms with van der Waals surface area (Å²) < 4.78 is 13.2.